The molecular formula is C61H100O6. The number of esters is 3. The zero-order valence-corrected chi connectivity index (χ0v) is 43.4. The van der Waals surface area contributed by atoms with Gasteiger partial charge in [0.25, 0.3) is 0 Å². The summed E-state index contributed by atoms with van der Waals surface area (Å²) < 4.78 is 16.8. The van der Waals surface area contributed by atoms with Crippen molar-refractivity contribution in [2.75, 3.05) is 13.2 Å². The van der Waals surface area contributed by atoms with Crippen molar-refractivity contribution in [2.45, 2.75) is 245 Å². The molecular weight excluding hydrogens is 829 g/mol. The highest BCUT2D eigenvalue weighted by molar-refractivity contribution is 5.71. The minimum atomic E-state index is -0.819. The highest BCUT2D eigenvalue weighted by Gasteiger charge is 2.19. The molecule has 6 heteroatoms. The highest BCUT2D eigenvalue weighted by atomic mass is 16.6. The van der Waals surface area contributed by atoms with Gasteiger partial charge in [-0.2, -0.15) is 0 Å². The maximum Gasteiger partial charge on any atom is 0.306 e. The van der Waals surface area contributed by atoms with Crippen LogP contribution in [0.4, 0.5) is 0 Å². The molecule has 0 saturated heterocycles. The van der Waals surface area contributed by atoms with E-state index in [4.69, 9.17) is 14.2 Å². The summed E-state index contributed by atoms with van der Waals surface area (Å²) in [6, 6.07) is 0. The molecule has 0 rings (SSSR count). The smallest absolute Gasteiger partial charge is 0.306 e. The van der Waals surface area contributed by atoms with E-state index in [0.717, 1.165) is 116 Å². The van der Waals surface area contributed by atoms with Gasteiger partial charge in [-0.3, -0.25) is 14.4 Å². The Labute approximate surface area is 412 Å². The fourth-order valence-electron chi connectivity index (χ4n) is 7.11. The van der Waals surface area contributed by atoms with Crippen molar-refractivity contribution < 1.29 is 28.6 Å². The van der Waals surface area contributed by atoms with Crippen LogP contribution in [-0.4, -0.2) is 37.2 Å². The van der Waals surface area contributed by atoms with Gasteiger partial charge < -0.3 is 14.2 Å². The molecule has 0 bridgehead atoms. The van der Waals surface area contributed by atoms with E-state index in [0.29, 0.717) is 19.3 Å². The van der Waals surface area contributed by atoms with Crippen LogP contribution >= 0.6 is 0 Å². The maximum atomic E-state index is 12.8. The Hall–Kier alpha value is -3.93. The summed E-state index contributed by atoms with van der Waals surface area (Å²) in [4.78, 5) is 38.1. The monoisotopic (exact) mass is 929 g/mol. The zero-order chi connectivity index (χ0) is 48.6. The van der Waals surface area contributed by atoms with Gasteiger partial charge in [0, 0.05) is 19.3 Å². The molecule has 0 aromatic rings. The standard InChI is InChI=1S/C61H100O6/c1-4-7-10-13-16-19-22-25-28-30-32-33-36-39-42-45-48-51-54-60(63)66-57-58(56-65-59(62)53-50-47-44-41-38-35-27-24-21-18-15-12-9-6-3)67-61(64)55-52-49-46-43-40-37-34-31-29-26-23-20-17-14-11-8-5-2/h8,11,15,17-20,22,24,26-30,34,37,43,46,58H,4-7,9-10,12-14,16,21,23,25,31-33,35-36,38-42,44-45,47-57H2,1-3H3/b11-8-,18-15-,20-17-,22-19-,27-24-,29-26-,30-28-,37-34-,46-43-. The summed E-state index contributed by atoms with van der Waals surface area (Å²) in [7, 11) is 0. The molecule has 0 heterocycles. The number of ether oxygens (including phenoxy) is 3. The second-order valence-corrected chi connectivity index (χ2v) is 17.7. The molecule has 0 aromatic carbocycles. The Bertz CT molecular complexity index is 1390. The first-order valence-corrected chi connectivity index (χ1v) is 27.4. The molecule has 0 aliphatic rings. The fourth-order valence-corrected chi connectivity index (χ4v) is 7.11. The first kappa shape index (κ1) is 63.1. The first-order valence-electron chi connectivity index (χ1n) is 27.4. The molecule has 6 nitrogen and oxygen atoms in total. The number of carbonyl (C=O) groups is 3. The minimum absolute atomic E-state index is 0.111. The predicted molar refractivity (Wildman–Crippen MR) is 288 cm³/mol. The number of carbonyl (C=O) groups excluding carboxylic acids is 3. The van der Waals surface area contributed by atoms with Crippen molar-refractivity contribution in [3.05, 3.63) is 109 Å². The molecule has 0 saturated carbocycles. The minimum Gasteiger partial charge on any atom is -0.462 e. The van der Waals surface area contributed by atoms with Gasteiger partial charge in [0.15, 0.2) is 6.10 Å². The molecule has 0 spiro atoms. The van der Waals surface area contributed by atoms with Crippen molar-refractivity contribution in [3.63, 3.8) is 0 Å². The van der Waals surface area contributed by atoms with Crippen LogP contribution in [0, 0.1) is 0 Å². The Balaban J connectivity index is 4.52. The molecule has 0 aliphatic heterocycles. The number of rotatable bonds is 48. The van der Waals surface area contributed by atoms with Gasteiger partial charge in [-0.25, -0.2) is 0 Å². The van der Waals surface area contributed by atoms with Gasteiger partial charge in [-0.15, -0.1) is 0 Å². The van der Waals surface area contributed by atoms with E-state index in [1.807, 2.05) is 0 Å². The molecule has 0 radical (unpaired) electrons. The third-order valence-corrected chi connectivity index (χ3v) is 11.2. The van der Waals surface area contributed by atoms with Crippen LogP contribution in [0.3, 0.4) is 0 Å². The summed E-state index contributed by atoms with van der Waals surface area (Å²) in [6.45, 7) is 6.40. The van der Waals surface area contributed by atoms with E-state index in [1.165, 1.54) is 77.0 Å². The Morgan fingerprint density at radius 1 is 0.313 bits per heavy atom. The van der Waals surface area contributed by atoms with Crippen LogP contribution < -0.4 is 0 Å². The molecule has 0 aliphatic carbocycles. The summed E-state index contributed by atoms with van der Waals surface area (Å²) in [5, 5.41) is 0. The number of hydrogen-bond donors (Lipinski definition) is 0. The van der Waals surface area contributed by atoms with Crippen molar-refractivity contribution in [3.8, 4) is 0 Å². The van der Waals surface area contributed by atoms with Crippen LogP contribution in [0.1, 0.15) is 239 Å². The maximum absolute atomic E-state index is 12.8. The lowest BCUT2D eigenvalue weighted by atomic mass is 10.1. The second kappa shape index (κ2) is 54.7. The van der Waals surface area contributed by atoms with Crippen LogP contribution in [-0.2, 0) is 28.6 Å². The van der Waals surface area contributed by atoms with Gasteiger partial charge in [0.2, 0.25) is 0 Å². The molecule has 0 amide bonds. The van der Waals surface area contributed by atoms with Gasteiger partial charge in [0.1, 0.15) is 13.2 Å². The Morgan fingerprint density at radius 3 is 1.00 bits per heavy atom. The molecule has 0 fully saturated rings. The average molecular weight is 929 g/mol. The largest absolute Gasteiger partial charge is 0.462 e. The van der Waals surface area contributed by atoms with Gasteiger partial charge in [0.05, 0.1) is 0 Å². The molecule has 0 N–H and O–H groups in total. The van der Waals surface area contributed by atoms with Crippen molar-refractivity contribution in [1.29, 1.82) is 0 Å². The lowest BCUT2D eigenvalue weighted by Gasteiger charge is -2.18. The molecule has 67 heavy (non-hydrogen) atoms. The van der Waals surface area contributed by atoms with Crippen LogP contribution in [0.25, 0.3) is 0 Å². The van der Waals surface area contributed by atoms with Gasteiger partial charge >= 0.3 is 17.9 Å². The summed E-state index contributed by atoms with van der Waals surface area (Å²) in [5.41, 5.74) is 0. The van der Waals surface area contributed by atoms with Gasteiger partial charge in [-0.1, -0.05) is 214 Å². The lowest BCUT2D eigenvalue weighted by Crippen LogP contribution is -2.30. The highest BCUT2D eigenvalue weighted by Crippen LogP contribution is 2.13. The van der Waals surface area contributed by atoms with E-state index < -0.39 is 6.10 Å². The fraction of sp³-hybridized carbons (Fsp3) is 0.656. The van der Waals surface area contributed by atoms with Crippen molar-refractivity contribution >= 4 is 17.9 Å². The van der Waals surface area contributed by atoms with E-state index in [2.05, 4.69) is 130 Å². The summed E-state index contributed by atoms with van der Waals surface area (Å²) >= 11 is 0. The molecule has 380 valence electrons. The number of hydrogen-bond acceptors (Lipinski definition) is 6. The quantitative estimate of drug-likeness (QED) is 0.0262. The summed E-state index contributed by atoms with van der Waals surface area (Å²) in [5.74, 6) is -0.994. The molecule has 0 aromatic heterocycles. The number of allylic oxidation sites excluding steroid dienone is 18. The Kier molecular flexibility index (Phi) is 51.5. The van der Waals surface area contributed by atoms with Crippen molar-refractivity contribution in [2.24, 2.45) is 0 Å². The second-order valence-electron chi connectivity index (χ2n) is 17.7. The molecule has 1 atom stereocenters. The lowest BCUT2D eigenvalue weighted by molar-refractivity contribution is -0.167. The molecule has 1 unspecified atom stereocenters. The normalized spacial score (nSPS) is 12.9. The topological polar surface area (TPSA) is 78.9 Å². The third kappa shape index (κ3) is 52.9. The van der Waals surface area contributed by atoms with Crippen LogP contribution in [0.2, 0.25) is 0 Å². The third-order valence-electron chi connectivity index (χ3n) is 11.2. The average Bonchev–Trinajstić information content (AvgIpc) is 3.33. The zero-order valence-electron chi connectivity index (χ0n) is 43.4. The van der Waals surface area contributed by atoms with E-state index in [9.17, 15) is 14.4 Å². The van der Waals surface area contributed by atoms with E-state index >= 15 is 0 Å². The number of unbranched alkanes of at least 4 members (excludes halogenated alkanes) is 19. The SMILES string of the molecule is CC/C=C\C/C=C\C/C=C\C/C=C\C/C=C\CCCC(=O)OC(COC(=O)CCCCCCC/C=C\C/C=C\CCCC)COC(=O)CCCCCCCCC/C=C\C/C=C\CCCCCC. The first-order chi connectivity index (χ1) is 33.0. The van der Waals surface area contributed by atoms with Gasteiger partial charge in [-0.05, 0) is 116 Å². The van der Waals surface area contributed by atoms with Crippen molar-refractivity contribution in [1.82, 2.24) is 0 Å². The van der Waals surface area contributed by atoms with E-state index in [1.54, 1.807) is 0 Å². The van der Waals surface area contributed by atoms with E-state index in [-0.39, 0.29) is 37.5 Å². The van der Waals surface area contributed by atoms with Crippen LogP contribution in [0.5, 0.6) is 0 Å². The summed E-state index contributed by atoms with van der Waals surface area (Å²) in [6.07, 6.45) is 73.6. The Morgan fingerprint density at radius 2 is 0.612 bits per heavy atom. The predicted octanol–water partition coefficient (Wildman–Crippen LogP) is 18.3. The van der Waals surface area contributed by atoms with Crippen LogP contribution in [0.15, 0.2) is 109 Å².